The molecule has 0 bridgehead atoms. The minimum atomic E-state index is -3.90. The Morgan fingerprint density at radius 1 is 1.35 bits per heavy atom. The normalized spacial score (nSPS) is 11.3. The van der Waals surface area contributed by atoms with Gasteiger partial charge in [-0.15, -0.1) is 0 Å². The minimum absolute atomic E-state index is 0.152. The molecule has 0 aliphatic rings. The summed E-state index contributed by atoms with van der Waals surface area (Å²) in [6.07, 6.45) is 0. The van der Waals surface area contributed by atoms with Crippen LogP contribution in [0.25, 0.3) is 0 Å². The molecule has 0 spiro atoms. The average molecular weight is 296 g/mol. The number of hydrogen-bond donors (Lipinski definition) is 0. The molecule has 1 rings (SSSR count). The number of rotatable bonds is 3. The molecule has 0 unspecified atom stereocenters. The average Bonchev–Trinajstić information content (AvgIpc) is 2.25. The van der Waals surface area contributed by atoms with Crippen LogP contribution in [-0.4, -0.2) is 32.8 Å². The molecule has 1 aromatic carbocycles. The lowest BCUT2D eigenvalue weighted by molar-refractivity contribution is 0.0802. The summed E-state index contributed by atoms with van der Waals surface area (Å²) < 4.78 is 22.4. The van der Waals surface area contributed by atoms with Crippen molar-refractivity contribution in [2.75, 3.05) is 13.6 Å². The number of nitrogens with zero attached hydrogens (tertiary/aromatic N) is 1. The third-order valence-electron chi connectivity index (χ3n) is 2.22. The molecular weight excluding hydrogens is 285 g/mol. The van der Waals surface area contributed by atoms with Crippen LogP contribution in [0.1, 0.15) is 17.3 Å². The maximum absolute atomic E-state index is 11.8. The van der Waals surface area contributed by atoms with E-state index in [0.29, 0.717) is 6.54 Å². The van der Waals surface area contributed by atoms with Crippen molar-refractivity contribution in [3.05, 3.63) is 28.8 Å². The van der Waals surface area contributed by atoms with Gasteiger partial charge in [0.2, 0.25) is 0 Å². The molecule has 0 aliphatic carbocycles. The van der Waals surface area contributed by atoms with Crippen LogP contribution in [0.4, 0.5) is 0 Å². The van der Waals surface area contributed by atoms with E-state index in [-0.39, 0.29) is 21.4 Å². The van der Waals surface area contributed by atoms with Crippen molar-refractivity contribution in [2.24, 2.45) is 0 Å². The molecule has 0 saturated carbocycles. The molecule has 17 heavy (non-hydrogen) atoms. The fraction of sp³-hybridized carbons (Fsp3) is 0.300. The summed E-state index contributed by atoms with van der Waals surface area (Å²) in [6.45, 7) is 2.32. The van der Waals surface area contributed by atoms with E-state index in [1.54, 1.807) is 7.05 Å². The standard InChI is InChI=1S/C10H11Cl2NO3S/c1-3-13(2)10(14)7-4-8(11)6-9(5-7)17(12,15)16/h4-6H,3H2,1-2H3. The van der Waals surface area contributed by atoms with Crippen LogP contribution < -0.4 is 0 Å². The Labute approximate surface area is 110 Å². The van der Waals surface area contributed by atoms with E-state index in [2.05, 4.69) is 0 Å². The summed E-state index contributed by atoms with van der Waals surface area (Å²) in [5.41, 5.74) is 0.195. The fourth-order valence-corrected chi connectivity index (χ4v) is 2.29. The number of carbonyl (C=O) groups is 1. The summed E-state index contributed by atoms with van der Waals surface area (Å²) in [5, 5.41) is 0.152. The topological polar surface area (TPSA) is 54.5 Å². The van der Waals surface area contributed by atoms with Crippen LogP contribution in [0.2, 0.25) is 5.02 Å². The highest BCUT2D eigenvalue weighted by molar-refractivity contribution is 8.13. The molecule has 1 aromatic rings. The fourth-order valence-electron chi connectivity index (χ4n) is 1.19. The van der Waals surface area contributed by atoms with Gasteiger partial charge in [-0.2, -0.15) is 0 Å². The van der Waals surface area contributed by atoms with Crippen LogP contribution >= 0.6 is 22.3 Å². The SMILES string of the molecule is CCN(C)C(=O)c1cc(Cl)cc(S(=O)(=O)Cl)c1. The Kier molecular flexibility index (Phi) is 4.41. The summed E-state index contributed by atoms with van der Waals surface area (Å²) in [6, 6.07) is 3.82. The maximum Gasteiger partial charge on any atom is 0.261 e. The quantitative estimate of drug-likeness (QED) is 0.805. The molecule has 0 saturated heterocycles. The van der Waals surface area contributed by atoms with E-state index in [1.165, 1.54) is 23.1 Å². The van der Waals surface area contributed by atoms with E-state index in [4.69, 9.17) is 22.3 Å². The lowest BCUT2D eigenvalue weighted by atomic mass is 10.2. The van der Waals surface area contributed by atoms with Crippen LogP contribution in [0, 0.1) is 0 Å². The van der Waals surface area contributed by atoms with Crippen molar-refractivity contribution in [3.8, 4) is 0 Å². The number of benzene rings is 1. The van der Waals surface area contributed by atoms with E-state index in [0.717, 1.165) is 0 Å². The summed E-state index contributed by atoms with van der Waals surface area (Å²) >= 11 is 5.75. The highest BCUT2D eigenvalue weighted by Gasteiger charge is 2.17. The highest BCUT2D eigenvalue weighted by atomic mass is 35.7. The second-order valence-electron chi connectivity index (χ2n) is 3.43. The van der Waals surface area contributed by atoms with E-state index < -0.39 is 9.05 Å². The summed E-state index contributed by atoms with van der Waals surface area (Å²) in [5.74, 6) is -0.309. The van der Waals surface area contributed by atoms with Crippen molar-refractivity contribution < 1.29 is 13.2 Å². The molecule has 0 radical (unpaired) electrons. The largest absolute Gasteiger partial charge is 0.342 e. The molecule has 0 fully saturated rings. The first-order valence-electron chi connectivity index (χ1n) is 4.76. The minimum Gasteiger partial charge on any atom is -0.342 e. The molecule has 0 aromatic heterocycles. The first-order chi connectivity index (χ1) is 7.75. The Bertz CT molecular complexity index is 542. The third-order valence-corrected chi connectivity index (χ3v) is 3.77. The van der Waals surface area contributed by atoms with Crippen molar-refractivity contribution in [1.29, 1.82) is 0 Å². The van der Waals surface area contributed by atoms with Crippen molar-refractivity contribution in [2.45, 2.75) is 11.8 Å². The molecular formula is C10H11Cl2NO3S. The zero-order valence-corrected chi connectivity index (χ0v) is 11.6. The number of halogens is 2. The van der Waals surface area contributed by atoms with Gasteiger partial charge in [-0.05, 0) is 25.1 Å². The van der Waals surface area contributed by atoms with Gasteiger partial charge in [-0.1, -0.05) is 11.6 Å². The summed E-state index contributed by atoms with van der Waals surface area (Å²) in [7, 11) is 2.92. The number of amides is 1. The molecule has 1 amide bonds. The smallest absolute Gasteiger partial charge is 0.261 e. The number of hydrogen-bond acceptors (Lipinski definition) is 3. The van der Waals surface area contributed by atoms with Crippen LogP contribution in [-0.2, 0) is 9.05 Å². The van der Waals surface area contributed by atoms with E-state index in [9.17, 15) is 13.2 Å². The molecule has 0 N–H and O–H groups in total. The lowest BCUT2D eigenvalue weighted by Gasteiger charge is -2.14. The zero-order valence-electron chi connectivity index (χ0n) is 9.28. The number of carbonyl (C=O) groups excluding carboxylic acids is 1. The first kappa shape index (κ1) is 14.3. The Hall–Kier alpha value is -0.780. The van der Waals surface area contributed by atoms with Crippen LogP contribution in [0.15, 0.2) is 23.1 Å². The Morgan fingerprint density at radius 3 is 2.41 bits per heavy atom. The van der Waals surface area contributed by atoms with Gasteiger partial charge in [0.15, 0.2) is 0 Å². The highest BCUT2D eigenvalue weighted by Crippen LogP contribution is 2.22. The monoisotopic (exact) mass is 295 g/mol. The first-order valence-corrected chi connectivity index (χ1v) is 7.45. The predicted octanol–water partition coefficient (Wildman–Crippen LogP) is 2.36. The van der Waals surface area contributed by atoms with Gasteiger partial charge in [0.05, 0.1) is 4.90 Å². The molecule has 0 aliphatic heterocycles. The van der Waals surface area contributed by atoms with Gasteiger partial charge in [0.1, 0.15) is 0 Å². The summed E-state index contributed by atoms with van der Waals surface area (Å²) in [4.78, 5) is 13.1. The molecule has 4 nitrogen and oxygen atoms in total. The zero-order chi connectivity index (χ0) is 13.2. The predicted molar refractivity (Wildman–Crippen MR) is 67.1 cm³/mol. The maximum atomic E-state index is 11.8. The van der Waals surface area contributed by atoms with Gasteiger partial charge in [0.25, 0.3) is 15.0 Å². The second kappa shape index (κ2) is 5.25. The van der Waals surface area contributed by atoms with Crippen molar-refractivity contribution >= 4 is 37.2 Å². The van der Waals surface area contributed by atoms with Crippen LogP contribution in [0.3, 0.4) is 0 Å². The molecule has 94 valence electrons. The molecule has 0 heterocycles. The molecule has 0 atom stereocenters. The van der Waals surface area contributed by atoms with Gasteiger partial charge in [-0.25, -0.2) is 8.42 Å². The van der Waals surface area contributed by atoms with Gasteiger partial charge in [0, 0.05) is 34.9 Å². The van der Waals surface area contributed by atoms with Gasteiger partial charge < -0.3 is 4.90 Å². The van der Waals surface area contributed by atoms with E-state index >= 15 is 0 Å². The van der Waals surface area contributed by atoms with E-state index in [1.807, 2.05) is 6.92 Å². The third kappa shape index (κ3) is 3.59. The lowest BCUT2D eigenvalue weighted by Crippen LogP contribution is -2.26. The van der Waals surface area contributed by atoms with Gasteiger partial charge in [-0.3, -0.25) is 4.79 Å². The second-order valence-corrected chi connectivity index (χ2v) is 6.44. The Morgan fingerprint density at radius 2 is 1.94 bits per heavy atom. The van der Waals surface area contributed by atoms with Gasteiger partial charge >= 0.3 is 0 Å². The van der Waals surface area contributed by atoms with Crippen LogP contribution in [0.5, 0.6) is 0 Å². The molecule has 7 heteroatoms. The van der Waals surface area contributed by atoms with Crippen molar-refractivity contribution in [1.82, 2.24) is 4.90 Å². The van der Waals surface area contributed by atoms with Crippen molar-refractivity contribution in [3.63, 3.8) is 0 Å². The Balaban J connectivity index is 3.28.